The summed E-state index contributed by atoms with van der Waals surface area (Å²) in [5.74, 6) is -0.962. The minimum Gasteiger partial charge on any atom is -0.463 e. The van der Waals surface area contributed by atoms with E-state index in [9.17, 15) is 9.59 Å². The summed E-state index contributed by atoms with van der Waals surface area (Å²) in [5, 5.41) is 3.11. The number of anilines is 1. The van der Waals surface area contributed by atoms with Crippen molar-refractivity contribution in [1.29, 1.82) is 0 Å². The highest BCUT2D eigenvalue weighted by Crippen LogP contribution is 2.30. The van der Waals surface area contributed by atoms with Gasteiger partial charge in [0.1, 0.15) is 0 Å². The number of rotatable bonds is 5. The van der Waals surface area contributed by atoms with Gasteiger partial charge in [-0.2, -0.15) is 0 Å². The lowest BCUT2D eigenvalue weighted by Gasteiger charge is -2.00. The van der Waals surface area contributed by atoms with Crippen LogP contribution in [0.5, 0.6) is 0 Å². The van der Waals surface area contributed by atoms with Gasteiger partial charge in [0.25, 0.3) is 0 Å². The van der Waals surface area contributed by atoms with Crippen molar-refractivity contribution in [2.75, 3.05) is 11.9 Å². The molecule has 2 rings (SSSR count). The Balaban J connectivity index is 2.02. The van der Waals surface area contributed by atoms with Gasteiger partial charge < -0.3 is 4.74 Å². The van der Waals surface area contributed by atoms with Crippen molar-refractivity contribution >= 4 is 28.3 Å². The van der Waals surface area contributed by atoms with E-state index in [-0.39, 0.29) is 6.61 Å². The van der Waals surface area contributed by atoms with Gasteiger partial charge >= 0.3 is 5.97 Å². The molecule has 0 saturated carbocycles. The zero-order valence-corrected chi connectivity index (χ0v) is 13.1. The quantitative estimate of drug-likeness (QED) is 0.679. The molecular weight excluding hydrogens is 300 g/mol. The number of nitrogens with one attached hydrogen (secondary N) is 1. The predicted octanol–water partition coefficient (Wildman–Crippen LogP) is 3.18. The van der Waals surface area contributed by atoms with Crippen LogP contribution in [0.25, 0.3) is 10.4 Å². The molecule has 1 aromatic carbocycles. The van der Waals surface area contributed by atoms with Crippen LogP contribution < -0.4 is 5.32 Å². The molecule has 1 heterocycles. The Kier molecular flexibility index (Phi) is 5.43. The second-order valence-electron chi connectivity index (χ2n) is 4.42. The Hall–Kier alpha value is -2.47. The lowest BCUT2D eigenvalue weighted by Crippen LogP contribution is -2.09. The van der Waals surface area contributed by atoms with E-state index in [1.807, 2.05) is 31.2 Å². The molecule has 22 heavy (non-hydrogen) atoms. The van der Waals surface area contributed by atoms with Crippen molar-refractivity contribution in [3.8, 4) is 10.4 Å². The van der Waals surface area contributed by atoms with E-state index >= 15 is 0 Å². The number of carbonyl (C=O) groups is 2. The maximum absolute atomic E-state index is 11.7. The van der Waals surface area contributed by atoms with E-state index in [0.717, 1.165) is 28.2 Å². The number of aromatic nitrogens is 1. The van der Waals surface area contributed by atoms with Gasteiger partial charge in [0.15, 0.2) is 5.13 Å². The number of nitrogens with zero attached hydrogens (tertiary/aromatic N) is 1. The minimum atomic E-state index is -0.544. The first kappa shape index (κ1) is 15.9. The monoisotopic (exact) mass is 316 g/mol. The summed E-state index contributed by atoms with van der Waals surface area (Å²) >= 11 is 1.38. The van der Waals surface area contributed by atoms with Gasteiger partial charge in [0, 0.05) is 18.3 Å². The molecule has 1 amide bonds. The molecule has 6 heteroatoms. The second kappa shape index (κ2) is 7.51. The Bertz CT molecular complexity index is 707. The number of aryl methyl sites for hydroxylation is 1. The van der Waals surface area contributed by atoms with Crippen LogP contribution in [0, 0.1) is 6.92 Å². The largest absolute Gasteiger partial charge is 0.463 e. The number of ether oxygens (including phenoxy) is 1. The fourth-order valence-electron chi connectivity index (χ4n) is 1.79. The molecule has 5 nitrogen and oxygen atoms in total. The molecule has 0 bridgehead atoms. The molecule has 0 radical (unpaired) electrons. The van der Waals surface area contributed by atoms with Crippen LogP contribution in [0.3, 0.4) is 0 Å². The van der Waals surface area contributed by atoms with E-state index in [4.69, 9.17) is 4.74 Å². The first-order chi connectivity index (χ1) is 10.6. The van der Waals surface area contributed by atoms with Crippen molar-refractivity contribution < 1.29 is 14.3 Å². The number of benzene rings is 1. The number of esters is 1. The molecular formula is C16H16N2O3S. The number of amides is 1. The van der Waals surface area contributed by atoms with Crippen LogP contribution in [-0.4, -0.2) is 23.5 Å². The van der Waals surface area contributed by atoms with E-state index in [1.54, 1.807) is 13.1 Å². The summed E-state index contributed by atoms with van der Waals surface area (Å²) in [6.45, 7) is 4.00. The van der Waals surface area contributed by atoms with Gasteiger partial charge in [-0.1, -0.05) is 35.6 Å². The van der Waals surface area contributed by atoms with Gasteiger partial charge in [-0.25, -0.2) is 9.78 Å². The molecule has 114 valence electrons. The molecule has 0 unspecified atom stereocenters. The normalized spacial score (nSPS) is 10.6. The van der Waals surface area contributed by atoms with Gasteiger partial charge in [-0.15, -0.1) is 0 Å². The summed E-state index contributed by atoms with van der Waals surface area (Å²) in [6, 6.07) is 7.97. The molecule has 0 aliphatic rings. The van der Waals surface area contributed by atoms with Gasteiger partial charge in [0.2, 0.25) is 5.91 Å². The third kappa shape index (κ3) is 4.26. The third-order valence-electron chi connectivity index (χ3n) is 2.80. The van der Waals surface area contributed by atoms with Gasteiger partial charge in [-0.3, -0.25) is 10.1 Å². The van der Waals surface area contributed by atoms with Crippen LogP contribution >= 0.6 is 11.3 Å². The average molecular weight is 316 g/mol. The SMILES string of the molecule is CCOC(=O)/C=C/C(=O)Nc1ncc(-c2ccccc2C)s1. The molecule has 0 aliphatic heterocycles. The lowest BCUT2D eigenvalue weighted by atomic mass is 10.1. The van der Waals surface area contributed by atoms with Crippen LogP contribution in [0.15, 0.2) is 42.6 Å². The van der Waals surface area contributed by atoms with Crippen LogP contribution in [0.2, 0.25) is 0 Å². The van der Waals surface area contributed by atoms with Gasteiger partial charge in [-0.05, 0) is 25.0 Å². The third-order valence-corrected chi connectivity index (χ3v) is 3.75. The van der Waals surface area contributed by atoms with Crippen LogP contribution in [-0.2, 0) is 14.3 Å². The maximum Gasteiger partial charge on any atom is 0.330 e. The number of thiazole rings is 1. The van der Waals surface area contributed by atoms with Crippen molar-refractivity contribution in [2.24, 2.45) is 0 Å². The summed E-state index contributed by atoms with van der Waals surface area (Å²) in [6.07, 6.45) is 3.94. The molecule has 0 saturated heterocycles. The Labute approximate surface area is 132 Å². The zero-order valence-electron chi connectivity index (χ0n) is 12.3. The van der Waals surface area contributed by atoms with Crippen molar-refractivity contribution in [3.63, 3.8) is 0 Å². The molecule has 0 aliphatic carbocycles. The summed E-state index contributed by atoms with van der Waals surface area (Å²) < 4.78 is 4.70. The fourth-order valence-corrected chi connectivity index (χ4v) is 2.70. The predicted molar refractivity (Wildman–Crippen MR) is 86.7 cm³/mol. The highest BCUT2D eigenvalue weighted by atomic mass is 32.1. The van der Waals surface area contributed by atoms with Gasteiger partial charge in [0.05, 0.1) is 11.5 Å². The number of carbonyl (C=O) groups excluding carboxylic acids is 2. The zero-order chi connectivity index (χ0) is 15.9. The Morgan fingerprint density at radius 1 is 1.32 bits per heavy atom. The smallest absolute Gasteiger partial charge is 0.330 e. The summed E-state index contributed by atoms with van der Waals surface area (Å²) in [4.78, 5) is 28.0. The highest BCUT2D eigenvalue weighted by molar-refractivity contribution is 7.19. The fraction of sp³-hybridized carbons (Fsp3) is 0.188. The molecule has 0 fully saturated rings. The average Bonchev–Trinajstić information content (AvgIpc) is 2.94. The summed E-state index contributed by atoms with van der Waals surface area (Å²) in [7, 11) is 0. The second-order valence-corrected chi connectivity index (χ2v) is 5.45. The van der Waals surface area contributed by atoms with Crippen LogP contribution in [0.1, 0.15) is 12.5 Å². The minimum absolute atomic E-state index is 0.275. The van der Waals surface area contributed by atoms with E-state index in [0.29, 0.717) is 5.13 Å². The number of hydrogen-bond donors (Lipinski definition) is 1. The highest BCUT2D eigenvalue weighted by Gasteiger charge is 2.08. The molecule has 0 atom stereocenters. The summed E-state index contributed by atoms with van der Waals surface area (Å²) in [5.41, 5.74) is 2.23. The molecule has 0 spiro atoms. The first-order valence-corrected chi connectivity index (χ1v) is 7.59. The lowest BCUT2D eigenvalue weighted by molar-refractivity contribution is -0.137. The Morgan fingerprint density at radius 3 is 2.82 bits per heavy atom. The molecule has 1 N–H and O–H groups in total. The molecule has 1 aromatic heterocycles. The van der Waals surface area contributed by atoms with Crippen LogP contribution in [0.4, 0.5) is 5.13 Å². The first-order valence-electron chi connectivity index (χ1n) is 6.77. The topological polar surface area (TPSA) is 68.3 Å². The van der Waals surface area contributed by atoms with Crippen molar-refractivity contribution in [1.82, 2.24) is 4.98 Å². The van der Waals surface area contributed by atoms with E-state index in [2.05, 4.69) is 10.3 Å². The van der Waals surface area contributed by atoms with E-state index in [1.165, 1.54) is 11.3 Å². The maximum atomic E-state index is 11.7. The standard InChI is InChI=1S/C16H16N2O3S/c1-3-21-15(20)9-8-14(19)18-16-17-10-13(22-16)12-7-5-4-6-11(12)2/h4-10H,3H2,1-2H3,(H,17,18,19)/b9-8+. The van der Waals surface area contributed by atoms with Crippen molar-refractivity contribution in [3.05, 3.63) is 48.2 Å². The Morgan fingerprint density at radius 2 is 2.09 bits per heavy atom. The van der Waals surface area contributed by atoms with Crippen molar-refractivity contribution in [2.45, 2.75) is 13.8 Å². The molecule has 2 aromatic rings. The van der Waals surface area contributed by atoms with E-state index < -0.39 is 11.9 Å². The number of hydrogen-bond acceptors (Lipinski definition) is 5.